The van der Waals surface area contributed by atoms with Crippen LogP contribution in [0.15, 0.2) is 36.7 Å². The van der Waals surface area contributed by atoms with Gasteiger partial charge in [-0.15, -0.1) is 0 Å². The molecule has 4 nitrogen and oxygen atoms in total. The van der Waals surface area contributed by atoms with Gasteiger partial charge in [0.2, 0.25) is 0 Å². The predicted molar refractivity (Wildman–Crippen MR) is 67.4 cm³/mol. The van der Waals surface area contributed by atoms with Gasteiger partial charge in [0, 0.05) is 11.1 Å². The maximum Gasteiger partial charge on any atom is 0.165 e. The number of rotatable bonds is 4. The molecule has 0 spiro atoms. The highest BCUT2D eigenvalue weighted by molar-refractivity contribution is 6.30. The summed E-state index contributed by atoms with van der Waals surface area (Å²) in [4.78, 5) is 0. The summed E-state index contributed by atoms with van der Waals surface area (Å²) in [6, 6.07) is 7.30. The van der Waals surface area contributed by atoms with Crippen molar-refractivity contribution in [2.75, 3.05) is 0 Å². The second-order valence-electron chi connectivity index (χ2n) is 3.93. The minimum atomic E-state index is 0.0638. The molecule has 0 fully saturated rings. The molecule has 90 valence electrons. The van der Waals surface area contributed by atoms with Gasteiger partial charge in [-0.05, 0) is 25.1 Å². The van der Waals surface area contributed by atoms with Crippen LogP contribution in [-0.4, -0.2) is 15.8 Å². The second kappa shape index (κ2) is 5.21. The molecule has 0 aliphatic carbocycles. The quantitative estimate of drug-likeness (QED) is 0.909. The SMILES string of the molecule is CC(N)Cn1cc(Oc2cccc(Cl)c2)cn1. The summed E-state index contributed by atoms with van der Waals surface area (Å²) in [7, 11) is 0. The van der Waals surface area contributed by atoms with Crippen molar-refractivity contribution in [1.29, 1.82) is 0 Å². The van der Waals surface area contributed by atoms with E-state index in [0.717, 1.165) is 0 Å². The molecule has 0 radical (unpaired) electrons. The Balaban J connectivity index is 2.06. The third-order valence-electron chi connectivity index (χ3n) is 2.12. The van der Waals surface area contributed by atoms with Crippen molar-refractivity contribution >= 4 is 11.6 Å². The normalized spacial score (nSPS) is 12.4. The van der Waals surface area contributed by atoms with Gasteiger partial charge in [0.1, 0.15) is 5.75 Å². The zero-order valence-corrected chi connectivity index (χ0v) is 10.3. The molecule has 0 saturated carbocycles. The lowest BCUT2D eigenvalue weighted by atomic mass is 10.3. The van der Waals surface area contributed by atoms with Gasteiger partial charge >= 0.3 is 0 Å². The first-order chi connectivity index (χ1) is 8.13. The summed E-state index contributed by atoms with van der Waals surface area (Å²) in [6.45, 7) is 2.60. The van der Waals surface area contributed by atoms with Crippen LogP contribution in [0.4, 0.5) is 0 Å². The van der Waals surface area contributed by atoms with Crippen LogP contribution in [0.3, 0.4) is 0 Å². The molecule has 2 rings (SSSR count). The minimum Gasteiger partial charge on any atom is -0.454 e. The number of hydrogen-bond donors (Lipinski definition) is 1. The van der Waals surface area contributed by atoms with Crippen LogP contribution in [0.5, 0.6) is 11.5 Å². The predicted octanol–water partition coefficient (Wildman–Crippen LogP) is 2.68. The Bertz CT molecular complexity index is 496. The van der Waals surface area contributed by atoms with Gasteiger partial charge in [-0.2, -0.15) is 5.10 Å². The molecule has 2 aromatic rings. The van der Waals surface area contributed by atoms with Crippen LogP contribution < -0.4 is 10.5 Å². The fourth-order valence-electron chi connectivity index (χ4n) is 1.46. The first kappa shape index (κ1) is 12.0. The first-order valence-electron chi connectivity index (χ1n) is 5.35. The van der Waals surface area contributed by atoms with Crippen LogP contribution in [-0.2, 0) is 6.54 Å². The molecular formula is C12H14ClN3O. The van der Waals surface area contributed by atoms with E-state index < -0.39 is 0 Å². The van der Waals surface area contributed by atoms with E-state index in [4.69, 9.17) is 22.1 Å². The number of ether oxygens (including phenoxy) is 1. The van der Waals surface area contributed by atoms with Crippen LogP contribution in [0.1, 0.15) is 6.92 Å². The van der Waals surface area contributed by atoms with Gasteiger partial charge < -0.3 is 10.5 Å². The Labute approximate surface area is 105 Å². The monoisotopic (exact) mass is 251 g/mol. The molecule has 0 aliphatic rings. The molecule has 1 heterocycles. The lowest BCUT2D eigenvalue weighted by Crippen LogP contribution is -2.22. The van der Waals surface area contributed by atoms with Crippen molar-refractivity contribution < 1.29 is 4.74 Å². The van der Waals surface area contributed by atoms with Crippen molar-refractivity contribution in [1.82, 2.24) is 9.78 Å². The van der Waals surface area contributed by atoms with E-state index in [1.807, 2.05) is 25.3 Å². The summed E-state index contributed by atoms with van der Waals surface area (Å²) in [5.41, 5.74) is 5.69. The van der Waals surface area contributed by atoms with Crippen LogP contribution >= 0.6 is 11.6 Å². The van der Waals surface area contributed by atoms with Gasteiger partial charge in [0.05, 0.1) is 18.9 Å². The van der Waals surface area contributed by atoms with Crippen molar-refractivity contribution in [2.24, 2.45) is 5.73 Å². The summed E-state index contributed by atoms with van der Waals surface area (Å²) >= 11 is 5.87. The van der Waals surface area contributed by atoms with Crippen molar-refractivity contribution in [3.8, 4) is 11.5 Å². The molecule has 0 amide bonds. The molecule has 1 unspecified atom stereocenters. The highest BCUT2D eigenvalue weighted by Gasteiger charge is 2.03. The molecule has 2 N–H and O–H groups in total. The topological polar surface area (TPSA) is 53.1 Å². The van der Waals surface area contributed by atoms with E-state index in [0.29, 0.717) is 23.1 Å². The largest absolute Gasteiger partial charge is 0.454 e. The van der Waals surface area contributed by atoms with Gasteiger partial charge in [0.15, 0.2) is 5.75 Å². The Morgan fingerprint density at radius 1 is 1.47 bits per heavy atom. The maximum atomic E-state index is 5.87. The lowest BCUT2D eigenvalue weighted by Gasteiger charge is -2.04. The van der Waals surface area contributed by atoms with Crippen LogP contribution in [0.25, 0.3) is 0 Å². The van der Waals surface area contributed by atoms with Crippen LogP contribution in [0, 0.1) is 0 Å². The first-order valence-corrected chi connectivity index (χ1v) is 5.73. The molecule has 0 saturated heterocycles. The average Bonchev–Trinajstić information content (AvgIpc) is 2.64. The third kappa shape index (κ3) is 3.47. The molecule has 1 aromatic heterocycles. The fraction of sp³-hybridized carbons (Fsp3) is 0.250. The van der Waals surface area contributed by atoms with E-state index in [-0.39, 0.29) is 6.04 Å². The molecular weight excluding hydrogens is 238 g/mol. The zero-order valence-electron chi connectivity index (χ0n) is 9.51. The summed E-state index contributed by atoms with van der Waals surface area (Å²) in [5.74, 6) is 1.37. The number of hydrogen-bond acceptors (Lipinski definition) is 3. The molecule has 5 heteroatoms. The number of aromatic nitrogens is 2. The van der Waals surface area contributed by atoms with Crippen molar-refractivity contribution in [3.05, 3.63) is 41.7 Å². The van der Waals surface area contributed by atoms with E-state index in [1.54, 1.807) is 23.0 Å². The molecule has 1 aromatic carbocycles. The standard InChI is InChI=1S/C12H14ClN3O/c1-9(14)7-16-8-12(6-15-16)17-11-4-2-3-10(13)5-11/h2-6,8-9H,7,14H2,1H3. The summed E-state index contributed by atoms with van der Waals surface area (Å²) in [6.07, 6.45) is 3.47. The number of nitrogens with two attached hydrogens (primary N) is 1. The highest BCUT2D eigenvalue weighted by atomic mass is 35.5. The molecule has 0 aliphatic heterocycles. The fourth-order valence-corrected chi connectivity index (χ4v) is 1.64. The van der Waals surface area contributed by atoms with Crippen LogP contribution in [0.2, 0.25) is 5.02 Å². The van der Waals surface area contributed by atoms with Crippen molar-refractivity contribution in [3.63, 3.8) is 0 Å². The number of halogens is 1. The van der Waals surface area contributed by atoms with E-state index in [9.17, 15) is 0 Å². The Morgan fingerprint density at radius 3 is 3.00 bits per heavy atom. The van der Waals surface area contributed by atoms with Gasteiger partial charge in [-0.1, -0.05) is 17.7 Å². The van der Waals surface area contributed by atoms with E-state index in [1.165, 1.54) is 0 Å². The summed E-state index contributed by atoms with van der Waals surface area (Å²) < 4.78 is 7.37. The lowest BCUT2D eigenvalue weighted by molar-refractivity contribution is 0.479. The number of nitrogens with zero attached hydrogens (tertiary/aromatic N) is 2. The number of benzene rings is 1. The molecule has 1 atom stereocenters. The highest BCUT2D eigenvalue weighted by Crippen LogP contribution is 2.23. The Morgan fingerprint density at radius 2 is 2.29 bits per heavy atom. The second-order valence-corrected chi connectivity index (χ2v) is 4.37. The maximum absolute atomic E-state index is 5.87. The van der Waals surface area contributed by atoms with Gasteiger partial charge in [-0.3, -0.25) is 4.68 Å². The Hall–Kier alpha value is -1.52. The minimum absolute atomic E-state index is 0.0638. The smallest absolute Gasteiger partial charge is 0.165 e. The van der Waals surface area contributed by atoms with Gasteiger partial charge in [-0.25, -0.2) is 0 Å². The van der Waals surface area contributed by atoms with E-state index >= 15 is 0 Å². The van der Waals surface area contributed by atoms with Crippen molar-refractivity contribution in [2.45, 2.75) is 19.5 Å². The molecule has 0 bridgehead atoms. The average molecular weight is 252 g/mol. The van der Waals surface area contributed by atoms with E-state index in [2.05, 4.69) is 5.10 Å². The Kier molecular flexibility index (Phi) is 3.66. The zero-order chi connectivity index (χ0) is 12.3. The van der Waals surface area contributed by atoms with Gasteiger partial charge in [0.25, 0.3) is 0 Å². The summed E-state index contributed by atoms with van der Waals surface area (Å²) in [5, 5.41) is 4.80. The third-order valence-corrected chi connectivity index (χ3v) is 2.35. The molecule has 17 heavy (non-hydrogen) atoms.